The van der Waals surface area contributed by atoms with Crippen LogP contribution >= 0.6 is 11.8 Å². The molecular weight excluding hydrogens is 401 g/mol. The van der Waals surface area contributed by atoms with E-state index < -0.39 is 11.9 Å². The highest BCUT2D eigenvalue weighted by atomic mass is 32.2. The van der Waals surface area contributed by atoms with Crippen molar-refractivity contribution in [3.63, 3.8) is 0 Å². The summed E-state index contributed by atoms with van der Waals surface area (Å²) in [6.07, 6.45) is -1.49. The molecule has 0 radical (unpaired) electrons. The first-order valence-corrected chi connectivity index (χ1v) is 9.94. The zero-order valence-corrected chi connectivity index (χ0v) is 16.8. The highest BCUT2D eigenvalue weighted by Crippen LogP contribution is 2.30. The van der Waals surface area contributed by atoms with Gasteiger partial charge in [0.15, 0.2) is 5.82 Å². The maximum atomic E-state index is 12.9. The number of pyridine rings is 1. The summed E-state index contributed by atoms with van der Waals surface area (Å²) in [7, 11) is 0. The van der Waals surface area contributed by atoms with Crippen LogP contribution in [0, 0.1) is 0 Å². The number of nitrogens with one attached hydrogen (secondary N) is 2. The van der Waals surface area contributed by atoms with Gasteiger partial charge in [-0.25, -0.2) is 0 Å². The minimum Gasteiger partial charge on any atom is -0.352 e. The summed E-state index contributed by atoms with van der Waals surface area (Å²) in [5.41, 5.74) is -0.0392. The largest absolute Gasteiger partial charge is 0.433 e. The third-order valence-electron chi connectivity index (χ3n) is 3.69. The minimum absolute atomic E-state index is 0.0633. The average Bonchev–Trinajstić information content (AvgIpc) is 2.67. The number of hydrogen-bond donors (Lipinski definition) is 2. The Kier molecular flexibility index (Phi) is 6.21. The lowest BCUT2D eigenvalue weighted by atomic mass is 10.2. The summed E-state index contributed by atoms with van der Waals surface area (Å²) in [6, 6.07) is 10.1. The predicted octanol–water partition coefficient (Wildman–Crippen LogP) is 5.24. The number of anilines is 3. The first-order valence-electron chi connectivity index (χ1n) is 8.72. The van der Waals surface area contributed by atoms with E-state index in [0.29, 0.717) is 11.8 Å². The summed E-state index contributed by atoms with van der Waals surface area (Å²) >= 11 is 1.59. The minimum atomic E-state index is -4.54. The van der Waals surface area contributed by atoms with Crippen LogP contribution in [0.5, 0.6) is 0 Å². The Morgan fingerprint density at radius 1 is 1.00 bits per heavy atom. The molecule has 0 atom stereocenters. The van der Waals surface area contributed by atoms with Gasteiger partial charge >= 0.3 is 6.18 Å². The van der Waals surface area contributed by atoms with Gasteiger partial charge in [-0.1, -0.05) is 12.1 Å². The van der Waals surface area contributed by atoms with Crippen LogP contribution in [0.1, 0.15) is 19.5 Å². The molecule has 6 nitrogen and oxygen atoms in total. The molecule has 0 fully saturated rings. The molecule has 2 aromatic heterocycles. The normalized spacial score (nSPS) is 11.6. The van der Waals surface area contributed by atoms with Crippen LogP contribution < -0.4 is 10.6 Å². The Hall–Kier alpha value is -2.88. The van der Waals surface area contributed by atoms with Gasteiger partial charge in [-0.2, -0.15) is 28.1 Å². The first-order chi connectivity index (χ1) is 13.7. The number of aromatic nitrogens is 4. The third kappa shape index (κ3) is 5.57. The van der Waals surface area contributed by atoms with Crippen molar-refractivity contribution in [2.75, 3.05) is 16.9 Å². The van der Waals surface area contributed by atoms with Gasteiger partial charge in [-0.15, -0.1) is 11.8 Å². The molecule has 1 aromatic carbocycles. The number of alkyl halides is 3. The summed E-state index contributed by atoms with van der Waals surface area (Å²) in [4.78, 5) is 17.5. The molecule has 0 bridgehead atoms. The van der Waals surface area contributed by atoms with Gasteiger partial charge in [-0.3, -0.25) is 4.98 Å². The molecule has 2 N–H and O–H groups in total. The van der Waals surface area contributed by atoms with Crippen molar-refractivity contribution >= 4 is 29.3 Å². The van der Waals surface area contributed by atoms with E-state index in [1.807, 2.05) is 44.4 Å². The van der Waals surface area contributed by atoms with Crippen molar-refractivity contribution < 1.29 is 13.2 Å². The fourth-order valence-corrected chi connectivity index (χ4v) is 2.90. The van der Waals surface area contributed by atoms with E-state index in [4.69, 9.17) is 0 Å². The topological polar surface area (TPSA) is 75.6 Å². The van der Waals surface area contributed by atoms with Crippen molar-refractivity contribution in [3.05, 3.63) is 48.3 Å². The molecule has 0 aliphatic heterocycles. The lowest BCUT2D eigenvalue weighted by molar-refractivity contribution is -0.141. The lowest BCUT2D eigenvalue weighted by Crippen LogP contribution is -2.14. The van der Waals surface area contributed by atoms with Crippen LogP contribution in [0.15, 0.2) is 47.5 Å². The van der Waals surface area contributed by atoms with Crippen LogP contribution in [-0.2, 0) is 6.18 Å². The first kappa shape index (κ1) is 20.8. The molecule has 0 aliphatic rings. The van der Waals surface area contributed by atoms with Gasteiger partial charge in [0.25, 0.3) is 0 Å². The molecule has 152 valence electrons. The third-order valence-corrected chi connectivity index (χ3v) is 4.41. The smallest absolute Gasteiger partial charge is 0.352 e. The Morgan fingerprint density at radius 3 is 2.45 bits per heavy atom. The van der Waals surface area contributed by atoms with E-state index in [1.165, 1.54) is 6.07 Å². The number of hydrogen-bond acceptors (Lipinski definition) is 7. The molecule has 10 heteroatoms. The van der Waals surface area contributed by atoms with Gasteiger partial charge in [0.2, 0.25) is 11.9 Å². The summed E-state index contributed by atoms with van der Waals surface area (Å²) in [6.45, 7) is 3.87. The lowest BCUT2D eigenvalue weighted by Gasteiger charge is -2.13. The van der Waals surface area contributed by atoms with Crippen LogP contribution in [-0.4, -0.2) is 32.2 Å². The fourth-order valence-electron chi connectivity index (χ4n) is 2.44. The van der Waals surface area contributed by atoms with Crippen molar-refractivity contribution in [1.29, 1.82) is 0 Å². The Morgan fingerprint density at radius 2 is 1.76 bits per heavy atom. The molecule has 0 saturated heterocycles. The Balaban J connectivity index is 1.99. The molecule has 0 unspecified atom stereocenters. The molecule has 0 spiro atoms. The van der Waals surface area contributed by atoms with Crippen molar-refractivity contribution in [2.45, 2.75) is 31.0 Å². The second-order valence-corrected chi connectivity index (χ2v) is 7.27. The van der Waals surface area contributed by atoms with Gasteiger partial charge in [0.1, 0.15) is 5.69 Å². The zero-order chi connectivity index (χ0) is 21.0. The van der Waals surface area contributed by atoms with Crippen molar-refractivity contribution in [1.82, 2.24) is 19.9 Å². The van der Waals surface area contributed by atoms with Gasteiger partial charge in [-0.05, 0) is 44.4 Å². The van der Waals surface area contributed by atoms with Crippen LogP contribution in [0.2, 0.25) is 0 Å². The standard InChI is InChI=1S/C19H19F3N6S/c1-11(2)24-17-26-16(12-5-4-6-14(9-12)29-3)27-18(28-17)25-13-7-8-23-15(10-13)19(20,21)22/h4-11H,1-3H3,(H2,23,24,25,26,27,28). The van der Waals surface area contributed by atoms with Crippen molar-refractivity contribution in [3.8, 4) is 11.4 Å². The van der Waals surface area contributed by atoms with Gasteiger partial charge in [0, 0.05) is 28.4 Å². The van der Waals surface area contributed by atoms with Crippen molar-refractivity contribution in [2.24, 2.45) is 0 Å². The van der Waals surface area contributed by atoms with Gasteiger partial charge in [0.05, 0.1) is 0 Å². The quantitative estimate of drug-likeness (QED) is 0.528. The molecule has 0 amide bonds. The number of halogens is 3. The number of rotatable bonds is 6. The maximum absolute atomic E-state index is 12.9. The SMILES string of the molecule is CSc1cccc(-c2nc(Nc3ccnc(C(F)(F)F)c3)nc(NC(C)C)n2)c1. The number of nitrogens with zero attached hydrogens (tertiary/aromatic N) is 4. The molecule has 0 aliphatic carbocycles. The summed E-state index contributed by atoms with van der Waals surface area (Å²) in [5, 5.41) is 5.93. The highest BCUT2D eigenvalue weighted by Gasteiger charge is 2.32. The van der Waals surface area contributed by atoms with E-state index in [1.54, 1.807) is 11.8 Å². The van der Waals surface area contributed by atoms with E-state index in [-0.39, 0.29) is 17.7 Å². The van der Waals surface area contributed by atoms with Crippen LogP contribution in [0.25, 0.3) is 11.4 Å². The summed E-state index contributed by atoms with van der Waals surface area (Å²) < 4.78 is 38.8. The molecule has 3 aromatic rings. The number of thioether (sulfide) groups is 1. The fraction of sp³-hybridized carbons (Fsp3) is 0.263. The number of benzene rings is 1. The highest BCUT2D eigenvalue weighted by molar-refractivity contribution is 7.98. The maximum Gasteiger partial charge on any atom is 0.433 e. The molecule has 29 heavy (non-hydrogen) atoms. The van der Waals surface area contributed by atoms with Crippen LogP contribution in [0.3, 0.4) is 0 Å². The Labute approximate surface area is 170 Å². The van der Waals surface area contributed by atoms with Crippen LogP contribution in [0.4, 0.5) is 30.8 Å². The predicted molar refractivity (Wildman–Crippen MR) is 108 cm³/mol. The van der Waals surface area contributed by atoms with E-state index in [9.17, 15) is 13.2 Å². The molecule has 3 rings (SSSR count). The Bertz CT molecular complexity index is 994. The monoisotopic (exact) mass is 420 g/mol. The average molecular weight is 420 g/mol. The summed E-state index contributed by atoms with van der Waals surface area (Å²) in [5.74, 6) is 0.867. The molecule has 0 saturated carbocycles. The van der Waals surface area contributed by atoms with E-state index in [2.05, 4.69) is 30.6 Å². The second-order valence-electron chi connectivity index (χ2n) is 6.39. The second kappa shape index (κ2) is 8.64. The zero-order valence-electron chi connectivity index (χ0n) is 15.9. The van der Waals surface area contributed by atoms with Gasteiger partial charge < -0.3 is 10.6 Å². The molecular formula is C19H19F3N6S. The van der Waals surface area contributed by atoms with E-state index in [0.717, 1.165) is 22.7 Å². The van der Waals surface area contributed by atoms with E-state index >= 15 is 0 Å². The molecule has 2 heterocycles.